The van der Waals surface area contributed by atoms with Crippen molar-refractivity contribution in [2.24, 2.45) is 0 Å². The Hall–Kier alpha value is -2.47. The Labute approximate surface area is 177 Å². The maximum absolute atomic E-state index is 13.2. The smallest absolute Gasteiger partial charge is 0.252 e. The van der Waals surface area contributed by atoms with Crippen LogP contribution in [0.4, 0.5) is 5.69 Å². The van der Waals surface area contributed by atoms with Crippen LogP contribution in [-0.4, -0.2) is 60.9 Å². The number of carbonyl (C=O) groups excluding carboxylic acids is 2. The minimum atomic E-state index is -0.488. The third kappa shape index (κ3) is 5.54. The lowest BCUT2D eigenvalue weighted by Crippen LogP contribution is -2.55. The molecule has 0 spiro atoms. The van der Waals surface area contributed by atoms with Gasteiger partial charge in [-0.05, 0) is 49.1 Å². The number of rotatable bonds is 7. The summed E-state index contributed by atoms with van der Waals surface area (Å²) in [5.41, 5.74) is 2.73. The first-order chi connectivity index (χ1) is 14.1. The number of nitrogens with zero attached hydrogens (tertiary/aromatic N) is 2. The molecule has 1 atom stereocenters. The minimum Gasteiger partial charge on any atom is -0.368 e. The standard InChI is InChI=1S/C23H29N3O2S/c1-18-8-6-7-11-20(18)22(27)24-21(12-17-29-2)23(28)26-15-13-25(14-16-26)19-9-4-3-5-10-19/h3-11,21H,12-17H2,1-2H3,(H,24,27)/t21-/m0/s1. The van der Waals surface area contributed by atoms with Gasteiger partial charge in [0.1, 0.15) is 6.04 Å². The molecule has 1 aliphatic rings. The van der Waals surface area contributed by atoms with Gasteiger partial charge in [0.2, 0.25) is 5.91 Å². The molecular weight excluding hydrogens is 382 g/mol. The molecule has 5 nitrogen and oxygen atoms in total. The van der Waals surface area contributed by atoms with Crippen molar-refractivity contribution in [2.45, 2.75) is 19.4 Å². The summed E-state index contributed by atoms with van der Waals surface area (Å²) in [6.07, 6.45) is 2.65. The second-order valence-electron chi connectivity index (χ2n) is 7.27. The molecule has 1 saturated heterocycles. The molecule has 3 rings (SSSR count). The topological polar surface area (TPSA) is 52.7 Å². The van der Waals surface area contributed by atoms with E-state index in [9.17, 15) is 9.59 Å². The van der Waals surface area contributed by atoms with Gasteiger partial charge in [-0.2, -0.15) is 11.8 Å². The van der Waals surface area contributed by atoms with Crippen LogP contribution in [0.1, 0.15) is 22.3 Å². The van der Waals surface area contributed by atoms with Crippen molar-refractivity contribution in [3.63, 3.8) is 0 Å². The maximum atomic E-state index is 13.2. The molecule has 1 fully saturated rings. The van der Waals surface area contributed by atoms with E-state index < -0.39 is 6.04 Å². The highest BCUT2D eigenvalue weighted by atomic mass is 32.2. The van der Waals surface area contributed by atoms with Gasteiger partial charge in [0, 0.05) is 37.4 Å². The van der Waals surface area contributed by atoms with E-state index in [-0.39, 0.29) is 11.8 Å². The lowest BCUT2D eigenvalue weighted by molar-refractivity contribution is -0.133. The second kappa shape index (κ2) is 10.3. The van der Waals surface area contributed by atoms with Crippen molar-refractivity contribution in [1.29, 1.82) is 0 Å². The molecule has 6 heteroatoms. The van der Waals surface area contributed by atoms with Gasteiger partial charge in [0.05, 0.1) is 0 Å². The summed E-state index contributed by atoms with van der Waals surface area (Å²) in [5, 5.41) is 2.99. The van der Waals surface area contributed by atoms with Crippen molar-refractivity contribution < 1.29 is 9.59 Å². The summed E-state index contributed by atoms with van der Waals surface area (Å²) < 4.78 is 0. The van der Waals surface area contributed by atoms with Gasteiger partial charge in [-0.25, -0.2) is 0 Å². The van der Waals surface area contributed by atoms with Crippen LogP contribution in [0.5, 0.6) is 0 Å². The number of carbonyl (C=O) groups is 2. The highest BCUT2D eigenvalue weighted by Crippen LogP contribution is 2.17. The van der Waals surface area contributed by atoms with Gasteiger partial charge in [0.25, 0.3) is 5.91 Å². The molecule has 154 valence electrons. The van der Waals surface area contributed by atoms with Crippen LogP contribution in [0, 0.1) is 6.92 Å². The number of aryl methyl sites for hydroxylation is 1. The van der Waals surface area contributed by atoms with E-state index in [0.29, 0.717) is 25.1 Å². The number of amides is 2. The Balaban J connectivity index is 1.63. The molecule has 0 aromatic heterocycles. The fourth-order valence-electron chi connectivity index (χ4n) is 3.60. The lowest BCUT2D eigenvalue weighted by Gasteiger charge is -2.37. The molecule has 2 amide bonds. The number of hydrogen-bond acceptors (Lipinski definition) is 4. The number of piperazine rings is 1. The van der Waals surface area contributed by atoms with Crippen LogP contribution in [0.3, 0.4) is 0 Å². The number of hydrogen-bond donors (Lipinski definition) is 1. The molecule has 0 aliphatic carbocycles. The second-order valence-corrected chi connectivity index (χ2v) is 8.26. The summed E-state index contributed by atoms with van der Waals surface area (Å²) in [6, 6.07) is 17.3. The number of para-hydroxylation sites is 1. The quantitative estimate of drug-likeness (QED) is 0.760. The van der Waals surface area contributed by atoms with Crippen molar-refractivity contribution >= 4 is 29.3 Å². The monoisotopic (exact) mass is 411 g/mol. The van der Waals surface area contributed by atoms with Crippen LogP contribution in [-0.2, 0) is 4.79 Å². The molecule has 1 N–H and O–H groups in total. The van der Waals surface area contributed by atoms with E-state index in [1.807, 2.05) is 54.5 Å². The highest BCUT2D eigenvalue weighted by molar-refractivity contribution is 7.98. The molecule has 0 saturated carbocycles. The first-order valence-electron chi connectivity index (χ1n) is 10.0. The van der Waals surface area contributed by atoms with E-state index in [0.717, 1.165) is 24.4 Å². The minimum absolute atomic E-state index is 0.0219. The van der Waals surface area contributed by atoms with Gasteiger partial charge >= 0.3 is 0 Å². The summed E-state index contributed by atoms with van der Waals surface area (Å²) >= 11 is 1.69. The van der Waals surface area contributed by atoms with Crippen LogP contribution in [0.25, 0.3) is 0 Å². The van der Waals surface area contributed by atoms with Gasteiger partial charge in [0.15, 0.2) is 0 Å². The number of anilines is 1. The van der Waals surface area contributed by atoms with Crippen molar-refractivity contribution in [2.75, 3.05) is 43.1 Å². The Bertz CT molecular complexity index is 820. The van der Waals surface area contributed by atoms with E-state index in [1.165, 1.54) is 5.69 Å². The molecule has 29 heavy (non-hydrogen) atoms. The molecule has 2 aromatic rings. The Morgan fingerprint density at radius 3 is 2.31 bits per heavy atom. The summed E-state index contributed by atoms with van der Waals surface area (Å²) in [6.45, 7) is 4.86. The zero-order valence-electron chi connectivity index (χ0n) is 17.1. The predicted molar refractivity (Wildman–Crippen MR) is 121 cm³/mol. The zero-order valence-corrected chi connectivity index (χ0v) is 18.0. The molecule has 2 aromatic carbocycles. The van der Waals surface area contributed by atoms with E-state index in [1.54, 1.807) is 17.8 Å². The number of benzene rings is 2. The van der Waals surface area contributed by atoms with Gasteiger partial charge in [-0.3, -0.25) is 9.59 Å². The summed E-state index contributed by atoms with van der Waals surface area (Å²) in [7, 11) is 0. The molecule has 0 unspecified atom stereocenters. The summed E-state index contributed by atoms with van der Waals surface area (Å²) in [5.74, 6) is 0.674. The third-order valence-electron chi connectivity index (χ3n) is 5.32. The molecule has 1 heterocycles. The fourth-order valence-corrected chi connectivity index (χ4v) is 4.07. The molecular formula is C23H29N3O2S. The molecule has 0 radical (unpaired) electrons. The fraction of sp³-hybridized carbons (Fsp3) is 0.391. The average Bonchev–Trinajstić information content (AvgIpc) is 2.77. The first-order valence-corrected chi connectivity index (χ1v) is 11.4. The molecule has 1 aliphatic heterocycles. The average molecular weight is 412 g/mol. The van der Waals surface area contributed by atoms with Crippen LogP contribution < -0.4 is 10.2 Å². The number of thioether (sulfide) groups is 1. The summed E-state index contributed by atoms with van der Waals surface area (Å²) in [4.78, 5) is 30.1. The van der Waals surface area contributed by atoms with Crippen LogP contribution >= 0.6 is 11.8 Å². The van der Waals surface area contributed by atoms with Crippen LogP contribution in [0.2, 0.25) is 0 Å². The van der Waals surface area contributed by atoms with E-state index in [4.69, 9.17) is 0 Å². The SMILES string of the molecule is CSCC[C@H](NC(=O)c1ccccc1C)C(=O)N1CCN(c2ccccc2)CC1. The highest BCUT2D eigenvalue weighted by Gasteiger charge is 2.29. The Morgan fingerprint density at radius 1 is 1.00 bits per heavy atom. The maximum Gasteiger partial charge on any atom is 0.252 e. The van der Waals surface area contributed by atoms with Gasteiger partial charge in [-0.1, -0.05) is 36.4 Å². The van der Waals surface area contributed by atoms with Gasteiger partial charge < -0.3 is 15.1 Å². The van der Waals surface area contributed by atoms with Crippen molar-refractivity contribution in [3.8, 4) is 0 Å². The first kappa shape index (κ1) is 21.2. The predicted octanol–water partition coefficient (Wildman–Crippen LogP) is 3.20. The Kier molecular flexibility index (Phi) is 7.58. The lowest BCUT2D eigenvalue weighted by atomic mass is 10.1. The van der Waals surface area contributed by atoms with Crippen molar-refractivity contribution in [3.05, 3.63) is 65.7 Å². The normalized spacial score (nSPS) is 15.1. The Morgan fingerprint density at radius 2 is 1.66 bits per heavy atom. The number of nitrogens with one attached hydrogen (secondary N) is 1. The van der Waals surface area contributed by atoms with Gasteiger partial charge in [-0.15, -0.1) is 0 Å². The van der Waals surface area contributed by atoms with E-state index >= 15 is 0 Å². The van der Waals surface area contributed by atoms with E-state index in [2.05, 4.69) is 22.3 Å². The van der Waals surface area contributed by atoms with Crippen LogP contribution in [0.15, 0.2) is 54.6 Å². The van der Waals surface area contributed by atoms with Crippen molar-refractivity contribution in [1.82, 2.24) is 10.2 Å². The zero-order chi connectivity index (χ0) is 20.6. The largest absolute Gasteiger partial charge is 0.368 e. The third-order valence-corrected chi connectivity index (χ3v) is 5.96. The molecule has 0 bridgehead atoms.